The lowest BCUT2D eigenvalue weighted by molar-refractivity contribution is -0.141. The molecule has 0 saturated heterocycles. The van der Waals surface area contributed by atoms with Crippen molar-refractivity contribution in [2.45, 2.75) is 39.7 Å². The maximum atomic E-state index is 12.1. The van der Waals surface area contributed by atoms with Crippen LogP contribution in [0.1, 0.15) is 33.0 Å². The van der Waals surface area contributed by atoms with Crippen LogP contribution >= 0.6 is 0 Å². The van der Waals surface area contributed by atoms with Gasteiger partial charge in [-0.15, -0.1) is 0 Å². The van der Waals surface area contributed by atoms with E-state index in [1.807, 2.05) is 20.8 Å². The second kappa shape index (κ2) is 6.40. The number of amides is 1. The zero-order chi connectivity index (χ0) is 15.3. The zero-order valence-electron chi connectivity index (χ0n) is 12.2. The molecule has 0 spiro atoms. The number of rotatable bonds is 6. The van der Waals surface area contributed by atoms with Crippen molar-refractivity contribution in [2.24, 2.45) is 0 Å². The molecule has 0 saturated carbocycles. The van der Waals surface area contributed by atoms with Crippen LogP contribution in [0.4, 0.5) is 0 Å². The molecule has 1 aromatic heterocycles. The van der Waals surface area contributed by atoms with E-state index in [4.69, 9.17) is 14.4 Å². The van der Waals surface area contributed by atoms with Gasteiger partial charge in [0, 0.05) is 18.2 Å². The summed E-state index contributed by atoms with van der Waals surface area (Å²) in [5, 5.41) is 12.4. The first-order valence-electron chi connectivity index (χ1n) is 6.28. The highest BCUT2D eigenvalue weighted by Crippen LogP contribution is 2.15. The molecule has 0 atom stereocenters. The number of aromatic nitrogens is 1. The number of carbonyl (C=O) groups excluding carboxylic acids is 1. The van der Waals surface area contributed by atoms with Crippen molar-refractivity contribution in [3.8, 4) is 5.88 Å². The molecular formula is C13H20N2O5. The van der Waals surface area contributed by atoms with Crippen LogP contribution in [0.3, 0.4) is 0 Å². The summed E-state index contributed by atoms with van der Waals surface area (Å²) in [6.07, 6.45) is -0.105. The van der Waals surface area contributed by atoms with Gasteiger partial charge in [0.05, 0.1) is 6.42 Å². The van der Waals surface area contributed by atoms with Crippen LogP contribution in [0, 0.1) is 6.92 Å². The third kappa shape index (κ3) is 4.91. The smallest absolute Gasteiger partial charge is 0.305 e. The Morgan fingerprint density at radius 1 is 1.45 bits per heavy atom. The first-order valence-corrected chi connectivity index (χ1v) is 6.28. The summed E-state index contributed by atoms with van der Waals surface area (Å²) in [5.41, 5.74) is -0.477. The molecule has 0 fully saturated rings. The number of carboxylic acids is 1. The summed E-state index contributed by atoms with van der Waals surface area (Å²) in [4.78, 5) is 24.3. The lowest BCUT2D eigenvalue weighted by atomic mass is 10.1. The van der Waals surface area contributed by atoms with Gasteiger partial charge in [0.1, 0.15) is 5.76 Å². The van der Waals surface area contributed by atoms with Gasteiger partial charge < -0.3 is 19.3 Å². The molecule has 7 nitrogen and oxygen atoms in total. The number of aliphatic carboxylic acids is 1. The van der Waals surface area contributed by atoms with Gasteiger partial charge in [-0.1, -0.05) is 0 Å². The number of hydrogen-bond donors (Lipinski definition) is 1. The third-order valence-electron chi connectivity index (χ3n) is 2.61. The van der Waals surface area contributed by atoms with E-state index in [0.29, 0.717) is 5.76 Å². The van der Waals surface area contributed by atoms with Crippen LogP contribution in [0.25, 0.3) is 0 Å². The standard InChI is InChI=1S/C13H20N2O5/c1-9-7-10(14-20-9)19-8-11(16)15(13(2,3)4)6-5-12(17)18/h7H,5-6,8H2,1-4H3,(H,17,18). The van der Waals surface area contributed by atoms with E-state index in [0.717, 1.165) is 0 Å². The molecule has 1 rings (SSSR count). The largest absolute Gasteiger partial charge is 0.481 e. The number of nitrogens with zero attached hydrogens (tertiary/aromatic N) is 2. The lowest BCUT2D eigenvalue weighted by Crippen LogP contribution is -2.48. The van der Waals surface area contributed by atoms with Crippen molar-refractivity contribution in [3.63, 3.8) is 0 Å². The number of ether oxygens (including phenoxy) is 1. The minimum absolute atomic E-state index is 0.105. The van der Waals surface area contributed by atoms with Crippen molar-refractivity contribution in [1.29, 1.82) is 0 Å². The summed E-state index contributed by atoms with van der Waals surface area (Å²) < 4.78 is 10.1. The normalized spacial score (nSPS) is 11.2. The first kappa shape index (κ1) is 16.0. The molecule has 112 valence electrons. The Bertz CT molecular complexity index is 475. The fraction of sp³-hybridized carbons (Fsp3) is 0.615. The Labute approximate surface area is 117 Å². The van der Waals surface area contributed by atoms with Gasteiger partial charge in [0.2, 0.25) is 0 Å². The molecule has 7 heteroatoms. The average molecular weight is 284 g/mol. The molecule has 1 N–H and O–H groups in total. The molecule has 1 heterocycles. The summed E-state index contributed by atoms with van der Waals surface area (Å²) >= 11 is 0. The summed E-state index contributed by atoms with van der Waals surface area (Å²) in [6.45, 7) is 7.17. The van der Waals surface area contributed by atoms with Crippen molar-refractivity contribution < 1.29 is 24.0 Å². The maximum Gasteiger partial charge on any atom is 0.305 e. The van der Waals surface area contributed by atoms with E-state index < -0.39 is 11.5 Å². The van der Waals surface area contributed by atoms with Crippen molar-refractivity contribution in [1.82, 2.24) is 10.1 Å². The van der Waals surface area contributed by atoms with Gasteiger partial charge >= 0.3 is 5.97 Å². The molecule has 1 aromatic rings. The third-order valence-corrected chi connectivity index (χ3v) is 2.61. The molecule has 0 aromatic carbocycles. The van der Waals surface area contributed by atoms with Crippen LogP contribution in [0.5, 0.6) is 5.88 Å². The zero-order valence-corrected chi connectivity index (χ0v) is 12.2. The predicted octanol–water partition coefficient (Wildman–Crippen LogP) is 1.46. The fourth-order valence-corrected chi connectivity index (χ4v) is 1.67. The van der Waals surface area contributed by atoms with Crippen LogP contribution < -0.4 is 4.74 Å². The SMILES string of the molecule is Cc1cc(OCC(=O)N(CCC(=O)O)C(C)(C)C)no1. The van der Waals surface area contributed by atoms with Crippen LogP contribution in [0.15, 0.2) is 10.6 Å². The molecule has 1 amide bonds. The highest BCUT2D eigenvalue weighted by molar-refractivity contribution is 5.79. The van der Waals surface area contributed by atoms with Gasteiger partial charge in [-0.2, -0.15) is 0 Å². The molecule has 0 radical (unpaired) electrons. The molecule has 20 heavy (non-hydrogen) atoms. The highest BCUT2D eigenvalue weighted by Gasteiger charge is 2.27. The Kier molecular flexibility index (Phi) is 5.12. The van der Waals surface area contributed by atoms with E-state index >= 15 is 0 Å². The molecule has 0 aliphatic rings. The van der Waals surface area contributed by atoms with E-state index in [1.165, 1.54) is 4.90 Å². The van der Waals surface area contributed by atoms with Crippen molar-refractivity contribution >= 4 is 11.9 Å². The molecule has 0 bridgehead atoms. The second-order valence-electron chi connectivity index (χ2n) is 5.42. The first-order chi connectivity index (χ1) is 9.20. The van der Waals surface area contributed by atoms with E-state index in [9.17, 15) is 9.59 Å². The number of carbonyl (C=O) groups is 2. The van der Waals surface area contributed by atoms with E-state index in [1.54, 1.807) is 13.0 Å². The fourth-order valence-electron chi connectivity index (χ4n) is 1.67. The molecule has 0 aliphatic heterocycles. The number of hydrogen-bond acceptors (Lipinski definition) is 5. The van der Waals surface area contributed by atoms with Crippen LogP contribution in [-0.2, 0) is 9.59 Å². The Morgan fingerprint density at radius 2 is 2.10 bits per heavy atom. The number of aryl methyl sites for hydroxylation is 1. The topological polar surface area (TPSA) is 92.9 Å². The quantitative estimate of drug-likeness (QED) is 0.850. The summed E-state index contributed by atoms with van der Waals surface area (Å²) in [7, 11) is 0. The van der Waals surface area contributed by atoms with Crippen LogP contribution in [-0.4, -0.2) is 45.7 Å². The van der Waals surface area contributed by atoms with Gasteiger partial charge in [-0.25, -0.2) is 0 Å². The van der Waals surface area contributed by atoms with Crippen molar-refractivity contribution in [2.75, 3.05) is 13.2 Å². The average Bonchev–Trinajstić information content (AvgIpc) is 2.70. The minimum Gasteiger partial charge on any atom is -0.481 e. The molecule has 0 aliphatic carbocycles. The second-order valence-corrected chi connectivity index (χ2v) is 5.42. The van der Waals surface area contributed by atoms with Gasteiger partial charge in [-0.05, 0) is 32.9 Å². The summed E-state index contributed by atoms with van der Waals surface area (Å²) in [5.74, 6) is -0.409. The molecule has 0 unspecified atom stereocenters. The highest BCUT2D eigenvalue weighted by atomic mass is 16.5. The van der Waals surface area contributed by atoms with Crippen LogP contribution in [0.2, 0.25) is 0 Å². The van der Waals surface area contributed by atoms with Gasteiger partial charge in [-0.3, -0.25) is 9.59 Å². The summed E-state index contributed by atoms with van der Waals surface area (Å²) in [6, 6.07) is 1.58. The van der Waals surface area contributed by atoms with Crippen molar-refractivity contribution in [3.05, 3.63) is 11.8 Å². The lowest BCUT2D eigenvalue weighted by Gasteiger charge is -2.35. The predicted molar refractivity (Wildman–Crippen MR) is 70.5 cm³/mol. The van der Waals surface area contributed by atoms with E-state index in [-0.39, 0.29) is 31.4 Å². The Morgan fingerprint density at radius 3 is 2.55 bits per heavy atom. The number of carboxylic acid groups (broad SMARTS) is 1. The maximum absolute atomic E-state index is 12.1. The van der Waals surface area contributed by atoms with Gasteiger partial charge in [0.25, 0.3) is 11.8 Å². The van der Waals surface area contributed by atoms with E-state index in [2.05, 4.69) is 5.16 Å². The Hall–Kier alpha value is -2.05. The monoisotopic (exact) mass is 284 g/mol. The molecular weight excluding hydrogens is 264 g/mol. The minimum atomic E-state index is -0.944. The Balaban J connectivity index is 2.61. The van der Waals surface area contributed by atoms with Gasteiger partial charge in [0.15, 0.2) is 6.61 Å².